The zero-order valence-electron chi connectivity index (χ0n) is 10.2. The molecule has 0 saturated carbocycles. The molecule has 1 aliphatic rings. The molecule has 3 nitrogen and oxygen atoms in total. The Balaban J connectivity index is 2.33. The van der Waals surface area contributed by atoms with Crippen molar-refractivity contribution in [2.45, 2.75) is 19.3 Å². The molecule has 0 atom stereocenters. The summed E-state index contributed by atoms with van der Waals surface area (Å²) in [5.41, 5.74) is 3.06. The number of benzene rings is 1. The van der Waals surface area contributed by atoms with Crippen molar-refractivity contribution in [2.24, 2.45) is 0 Å². The SMILES string of the molecule is O=C(O)/C=C/c1c2c(nc3c(F)cccc13)CCC2. The fourth-order valence-electron chi connectivity index (χ4n) is 2.63. The molecular weight excluding hydrogens is 245 g/mol. The summed E-state index contributed by atoms with van der Waals surface area (Å²) in [5, 5.41) is 9.45. The molecule has 1 aromatic heterocycles. The third-order valence-electron chi connectivity index (χ3n) is 3.43. The van der Waals surface area contributed by atoms with Gasteiger partial charge in [-0.05, 0) is 42.5 Å². The number of pyridine rings is 1. The number of carboxylic acid groups (broad SMARTS) is 1. The molecule has 1 heterocycles. The van der Waals surface area contributed by atoms with Gasteiger partial charge in [-0.3, -0.25) is 0 Å². The number of fused-ring (bicyclic) bond motifs is 2. The Hall–Kier alpha value is -2.23. The van der Waals surface area contributed by atoms with Gasteiger partial charge >= 0.3 is 5.97 Å². The van der Waals surface area contributed by atoms with Gasteiger partial charge in [0.05, 0.1) is 0 Å². The summed E-state index contributed by atoms with van der Waals surface area (Å²) >= 11 is 0. The zero-order chi connectivity index (χ0) is 13.4. The average Bonchev–Trinajstić information content (AvgIpc) is 2.83. The lowest BCUT2D eigenvalue weighted by molar-refractivity contribution is -0.131. The summed E-state index contributed by atoms with van der Waals surface area (Å²) in [4.78, 5) is 15.1. The fourth-order valence-corrected chi connectivity index (χ4v) is 2.63. The smallest absolute Gasteiger partial charge is 0.328 e. The number of nitrogens with zero attached hydrogens (tertiary/aromatic N) is 1. The highest BCUT2D eigenvalue weighted by atomic mass is 19.1. The molecule has 0 fully saturated rings. The van der Waals surface area contributed by atoms with Crippen molar-refractivity contribution >= 4 is 22.9 Å². The maximum absolute atomic E-state index is 13.8. The van der Waals surface area contributed by atoms with Crippen LogP contribution in [0.5, 0.6) is 0 Å². The molecule has 0 bridgehead atoms. The Morgan fingerprint density at radius 2 is 2.21 bits per heavy atom. The minimum absolute atomic E-state index is 0.327. The molecule has 4 heteroatoms. The molecule has 0 amide bonds. The number of aromatic nitrogens is 1. The average molecular weight is 257 g/mol. The summed E-state index contributed by atoms with van der Waals surface area (Å²) in [6.07, 6.45) is 5.32. The third kappa shape index (κ3) is 1.99. The van der Waals surface area contributed by atoms with Crippen molar-refractivity contribution < 1.29 is 14.3 Å². The van der Waals surface area contributed by atoms with Gasteiger partial charge < -0.3 is 5.11 Å². The van der Waals surface area contributed by atoms with E-state index in [1.54, 1.807) is 18.2 Å². The quantitative estimate of drug-likeness (QED) is 0.841. The summed E-state index contributed by atoms with van der Waals surface area (Å²) in [6.45, 7) is 0. The number of carboxylic acids is 1. The molecule has 0 radical (unpaired) electrons. The van der Waals surface area contributed by atoms with E-state index in [0.717, 1.165) is 42.2 Å². The first kappa shape index (κ1) is 11.8. The Morgan fingerprint density at radius 3 is 3.00 bits per heavy atom. The monoisotopic (exact) mass is 257 g/mol. The second kappa shape index (κ2) is 4.46. The molecule has 0 saturated heterocycles. The highest BCUT2D eigenvalue weighted by Gasteiger charge is 2.19. The molecule has 0 spiro atoms. The van der Waals surface area contributed by atoms with Crippen molar-refractivity contribution in [1.82, 2.24) is 4.98 Å². The Kier molecular flexibility index (Phi) is 2.78. The largest absolute Gasteiger partial charge is 0.478 e. The molecule has 3 rings (SSSR count). The van der Waals surface area contributed by atoms with Crippen LogP contribution in [-0.4, -0.2) is 16.1 Å². The van der Waals surface area contributed by atoms with Crippen LogP contribution in [-0.2, 0) is 17.6 Å². The van der Waals surface area contributed by atoms with E-state index in [4.69, 9.17) is 5.11 Å². The highest BCUT2D eigenvalue weighted by molar-refractivity contribution is 5.94. The number of rotatable bonds is 2. The van der Waals surface area contributed by atoms with E-state index >= 15 is 0 Å². The standard InChI is InChI=1S/C15H12FNO2/c16-12-5-1-4-11-9(7-8-14(18)19)10-3-2-6-13(10)17-15(11)12/h1,4-5,7-8H,2-3,6H2,(H,18,19)/b8-7+. The van der Waals surface area contributed by atoms with Crippen molar-refractivity contribution in [1.29, 1.82) is 0 Å². The van der Waals surface area contributed by atoms with E-state index in [1.165, 1.54) is 6.07 Å². The summed E-state index contributed by atoms with van der Waals surface area (Å²) in [6, 6.07) is 4.78. The number of halogens is 1. The zero-order valence-corrected chi connectivity index (χ0v) is 10.2. The Labute approximate surface area is 109 Å². The topological polar surface area (TPSA) is 50.2 Å². The molecule has 0 aliphatic heterocycles. The number of aryl methyl sites for hydroxylation is 1. The number of aliphatic carboxylic acids is 1. The van der Waals surface area contributed by atoms with Crippen LogP contribution in [0, 0.1) is 5.82 Å². The lowest BCUT2D eigenvalue weighted by Gasteiger charge is -2.09. The van der Waals surface area contributed by atoms with Crippen molar-refractivity contribution in [3.05, 3.63) is 46.9 Å². The lowest BCUT2D eigenvalue weighted by Crippen LogP contribution is -1.97. The normalized spacial score (nSPS) is 14.2. The molecule has 0 unspecified atom stereocenters. The van der Waals surface area contributed by atoms with E-state index in [0.29, 0.717) is 10.9 Å². The van der Waals surface area contributed by atoms with Gasteiger partial charge in [-0.1, -0.05) is 12.1 Å². The van der Waals surface area contributed by atoms with Gasteiger partial charge in [0.15, 0.2) is 0 Å². The lowest BCUT2D eigenvalue weighted by atomic mass is 10.0. The van der Waals surface area contributed by atoms with Crippen molar-refractivity contribution in [3.8, 4) is 0 Å². The Morgan fingerprint density at radius 1 is 1.37 bits per heavy atom. The summed E-state index contributed by atoms with van der Waals surface area (Å²) in [5.74, 6) is -1.37. The minimum Gasteiger partial charge on any atom is -0.478 e. The van der Waals surface area contributed by atoms with Gasteiger partial charge in [-0.2, -0.15) is 0 Å². The van der Waals surface area contributed by atoms with Crippen LogP contribution in [0.15, 0.2) is 24.3 Å². The van der Waals surface area contributed by atoms with Crippen molar-refractivity contribution in [3.63, 3.8) is 0 Å². The van der Waals surface area contributed by atoms with Gasteiger partial charge in [-0.15, -0.1) is 0 Å². The second-order valence-electron chi connectivity index (χ2n) is 4.61. The first-order valence-electron chi connectivity index (χ1n) is 6.18. The van der Waals surface area contributed by atoms with Crippen LogP contribution in [0.4, 0.5) is 4.39 Å². The van der Waals surface area contributed by atoms with Crippen LogP contribution in [0.25, 0.3) is 17.0 Å². The predicted molar refractivity (Wildman–Crippen MR) is 70.4 cm³/mol. The van der Waals surface area contributed by atoms with Crippen LogP contribution in [0.1, 0.15) is 23.2 Å². The van der Waals surface area contributed by atoms with E-state index < -0.39 is 5.97 Å². The van der Waals surface area contributed by atoms with Crippen molar-refractivity contribution in [2.75, 3.05) is 0 Å². The molecule has 96 valence electrons. The molecule has 1 N–H and O–H groups in total. The molecular formula is C15H12FNO2. The summed E-state index contributed by atoms with van der Waals surface area (Å²) < 4.78 is 13.8. The molecule has 2 aromatic rings. The highest BCUT2D eigenvalue weighted by Crippen LogP contribution is 2.31. The van der Waals surface area contributed by atoms with Gasteiger partial charge in [-0.25, -0.2) is 14.2 Å². The van der Waals surface area contributed by atoms with E-state index in [9.17, 15) is 9.18 Å². The maximum atomic E-state index is 13.8. The first-order valence-corrected chi connectivity index (χ1v) is 6.18. The third-order valence-corrected chi connectivity index (χ3v) is 3.43. The van der Waals surface area contributed by atoms with Gasteiger partial charge in [0.25, 0.3) is 0 Å². The predicted octanol–water partition coefficient (Wildman–Crippen LogP) is 2.96. The number of carbonyl (C=O) groups is 1. The number of para-hydroxylation sites is 1. The van der Waals surface area contributed by atoms with Gasteiger partial charge in [0.1, 0.15) is 11.3 Å². The van der Waals surface area contributed by atoms with Crippen LogP contribution in [0.2, 0.25) is 0 Å². The molecule has 19 heavy (non-hydrogen) atoms. The van der Waals surface area contributed by atoms with Crippen LogP contribution >= 0.6 is 0 Å². The van der Waals surface area contributed by atoms with E-state index in [1.807, 2.05) is 0 Å². The van der Waals surface area contributed by atoms with E-state index in [-0.39, 0.29) is 5.82 Å². The fraction of sp³-hybridized carbons (Fsp3) is 0.200. The van der Waals surface area contributed by atoms with Crippen LogP contribution < -0.4 is 0 Å². The second-order valence-corrected chi connectivity index (χ2v) is 4.61. The van der Waals surface area contributed by atoms with Crippen LogP contribution in [0.3, 0.4) is 0 Å². The number of hydrogen-bond acceptors (Lipinski definition) is 2. The maximum Gasteiger partial charge on any atom is 0.328 e. The van der Waals surface area contributed by atoms with Gasteiger partial charge in [0, 0.05) is 17.2 Å². The Bertz CT molecular complexity index is 707. The summed E-state index contributed by atoms with van der Waals surface area (Å²) in [7, 11) is 0. The van der Waals surface area contributed by atoms with E-state index in [2.05, 4.69) is 4.98 Å². The molecule has 1 aromatic carbocycles. The van der Waals surface area contributed by atoms with Gasteiger partial charge in [0.2, 0.25) is 0 Å². The number of hydrogen-bond donors (Lipinski definition) is 1. The molecule has 1 aliphatic carbocycles. The first-order chi connectivity index (χ1) is 9.16. The minimum atomic E-state index is -1.01.